The molecule has 3 aromatic rings. The minimum atomic E-state index is -4.63. The zero-order valence-corrected chi connectivity index (χ0v) is 19.8. The molecule has 3 aromatic carbocycles. The van der Waals surface area contributed by atoms with Gasteiger partial charge < -0.3 is 9.57 Å². The Morgan fingerprint density at radius 1 is 1.09 bits per heavy atom. The molecule has 0 bridgehead atoms. The lowest BCUT2D eigenvalue weighted by Crippen LogP contribution is -2.03. The van der Waals surface area contributed by atoms with Crippen molar-refractivity contribution < 1.29 is 26.9 Å². The molecule has 0 aromatic heterocycles. The largest absolute Gasteiger partial charge is 0.493 e. The van der Waals surface area contributed by atoms with E-state index >= 15 is 0 Å². The molecule has 0 spiro atoms. The summed E-state index contributed by atoms with van der Waals surface area (Å²) in [5, 5.41) is 3.62. The molecule has 0 aliphatic carbocycles. The van der Waals surface area contributed by atoms with Crippen molar-refractivity contribution >= 4 is 39.5 Å². The Balaban J connectivity index is 1.76. The van der Waals surface area contributed by atoms with Gasteiger partial charge in [0.1, 0.15) is 23.1 Å². The van der Waals surface area contributed by atoms with Gasteiger partial charge in [-0.2, -0.15) is 8.42 Å². The quantitative estimate of drug-likeness (QED) is 0.215. The van der Waals surface area contributed by atoms with Crippen molar-refractivity contribution in [1.29, 1.82) is 0 Å². The number of hydrogen-bond donors (Lipinski definition) is 1. The molecule has 0 saturated carbocycles. The zero-order valence-electron chi connectivity index (χ0n) is 17.5. The molecule has 0 unspecified atom stereocenters. The predicted octanol–water partition coefficient (Wildman–Crippen LogP) is 6.04. The van der Waals surface area contributed by atoms with Crippen LogP contribution in [0, 0.1) is 5.82 Å². The molecule has 10 heteroatoms. The minimum absolute atomic E-state index is 0.205. The van der Waals surface area contributed by atoms with E-state index < -0.39 is 25.9 Å². The topological polar surface area (TPSA) is 85.2 Å². The van der Waals surface area contributed by atoms with Gasteiger partial charge in [0.05, 0.1) is 17.8 Å². The number of oxime groups is 1. The number of benzene rings is 3. The van der Waals surface area contributed by atoms with E-state index in [1.807, 2.05) is 31.2 Å². The average molecular weight is 512 g/mol. The van der Waals surface area contributed by atoms with E-state index in [1.165, 1.54) is 12.1 Å². The molecule has 1 N–H and O–H groups in total. The normalized spacial score (nSPS) is 11.7. The van der Waals surface area contributed by atoms with Gasteiger partial charge in [0, 0.05) is 17.0 Å². The molecule has 174 valence electrons. The van der Waals surface area contributed by atoms with E-state index in [0.29, 0.717) is 25.4 Å². The van der Waals surface area contributed by atoms with E-state index in [2.05, 4.69) is 5.16 Å². The first-order chi connectivity index (χ1) is 15.7. The van der Waals surface area contributed by atoms with E-state index in [1.54, 1.807) is 12.3 Å². The van der Waals surface area contributed by atoms with Gasteiger partial charge in [-0.1, -0.05) is 52.6 Å². The first-order valence-corrected chi connectivity index (χ1v) is 12.0. The first kappa shape index (κ1) is 25.0. The van der Waals surface area contributed by atoms with Crippen molar-refractivity contribution in [3.8, 4) is 16.9 Å². The molecule has 0 saturated heterocycles. The molecule has 33 heavy (non-hydrogen) atoms. The SMILES string of the molecule is CCON=Cc1ccc(CCOc2cc(Cl)cc(-c3c(F)ccc(S(=O)(=O)O)c3Cl)c2)cc1. The first-order valence-electron chi connectivity index (χ1n) is 9.82. The fourth-order valence-corrected chi connectivity index (χ4v) is 4.37. The Morgan fingerprint density at radius 3 is 2.48 bits per heavy atom. The van der Waals surface area contributed by atoms with E-state index in [0.717, 1.165) is 23.3 Å². The maximum atomic E-state index is 14.5. The van der Waals surface area contributed by atoms with Crippen LogP contribution in [0.2, 0.25) is 10.0 Å². The molecular weight excluding hydrogens is 492 g/mol. The molecule has 0 radical (unpaired) electrons. The van der Waals surface area contributed by atoms with Crippen LogP contribution in [0.4, 0.5) is 4.39 Å². The van der Waals surface area contributed by atoms with Crippen molar-refractivity contribution in [3.63, 3.8) is 0 Å². The maximum absolute atomic E-state index is 14.5. The molecule has 0 atom stereocenters. The monoisotopic (exact) mass is 511 g/mol. The van der Waals surface area contributed by atoms with Crippen LogP contribution in [-0.2, 0) is 21.4 Å². The summed E-state index contributed by atoms with van der Waals surface area (Å²) in [5.41, 5.74) is 1.94. The molecule has 0 fully saturated rings. The fraction of sp³-hybridized carbons (Fsp3) is 0.174. The van der Waals surface area contributed by atoms with Crippen LogP contribution < -0.4 is 4.74 Å². The lowest BCUT2D eigenvalue weighted by Gasteiger charge is -2.13. The number of ether oxygens (including phenoxy) is 1. The predicted molar refractivity (Wildman–Crippen MR) is 127 cm³/mol. The Labute approximate surface area is 201 Å². The molecule has 0 aliphatic rings. The lowest BCUT2D eigenvalue weighted by molar-refractivity contribution is 0.160. The molecule has 0 amide bonds. The number of rotatable bonds is 9. The number of halogens is 3. The van der Waals surface area contributed by atoms with Gasteiger partial charge in [-0.05, 0) is 53.9 Å². The van der Waals surface area contributed by atoms with Crippen molar-refractivity contribution in [2.24, 2.45) is 5.16 Å². The Kier molecular flexibility index (Phi) is 8.31. The Hall–Kier alpha value is -2.65. The summed E-state index contributed by atoms with van der Waals surface area (Å²) in [7, 11) is -4.63. The Morgan fingerprint density at radius 2 is 1.82 bits per heavy atom. The molecule has 3 rings (SSSR count). The van der Waals surface area contributed by atoms with E-state index in [-0.39, 0.29) is 16.1 Å². The second-order valence-corrected chi connectivity index (χ2v) is 9.08. The highest BCUT2D eigenvalue weighted by Gasteiger charge is 2.22. The van der Waals surface area contributed by atoms with Crippen molar-refractivity contribution in [2.45, 2.75) is 18.2 Å². The van der Waals surface area contributed by atoms with Gasteiger partial charge in [-0.15, -0.1) is 0 Å². The van der Waals surface area contributed by atoms with Gasteiger partial charge in [0.2, 0.25) is 0 Å². The number of hydrogen-bond acceptors (Lipinski definition) is 5. The van der Waals surface area contributed by atoms with Gasteiger partial charge >= 0.3 is 0 Å². The van der Waals surface area contributed by atoms with Crippen molar-refractivity contribution in [1.82, 2.24) is 0 Å². The smallest absolute Gasteiger partial charge is 0.296 e. The van der Waals surface area contributed by atoms with Crippen LogP contribution in [-0.4, -0.2) is 32.4 Å². The maximum Gasteiger partial charge on any atom is 0.296 e. The van der Waals surface area contributed by atoms with E-state index in [4.69, 9.17) is 32.8 Å². The molecule has 0 aliphatic heterocycles. The molecular formula is C23H20Cl2FNO5S. The third-order valence-corrected chi connectivity index (χ3v) is 6.16. The average Bonchev–Trinajstić information content (AvgIpc) is 2.74. The van der Waals surface area contributed by atoms with Crippen molar-refractivity contribution in [3.05, 3.63) is 81.6 Å². The summed E-state index contributed by atoms with van der Waals surface area (Å²) in [6, 6.07) is 14.0. The van der Waals surface area contributed by atoms with Gasteiger partial charge in [-0.25, -0.2) is 4.39 Å². The molecule has 0 heterocycles. The van der Waals surface area contributed by atoms with Crippen LogP contribution in [0.5, 0.6) is 5.75 Å². The van der Waals surface area contributed by atoms with Crippen LogP contribution >= 0.6 is 23.2 Å². The Bertz CT molecular complexity index is 1260. The summed E-state index contributed by atoms with van der Waals surface area (Å²) in [5.74, 6) is -0.417. The minimum Gasteiger partial charge on any atom is -0.493 e. The zero-order chi connectivity index (χ0) is 24.0. The third kappa shape index (κ3) is 6.68. The highest BCUT2D eigenvalue weighted by molar-refractivity contribution is 7.86. The van der Waals surface area contributed by atoms with E-state index in [9.17, 15) is 17.4 Å². The standard InChI is InChI=1S/C23H20Cl2FNO5S/c1-2-32-27-14-16-5-3-15(4-6-16)9-10-31-19-12-17(11-18(24)13-19)22-20(26)7-8-21(23(22)25)33(28,29)30/h3-8,11-14H,2,9-10H2,1H3,(H,28,29,30). The summed E-state index contributed by atoms with van der Waals surface area (Å²) in [6.45, 7) is 2.67. The third-order valence-electron chi connectivity index (χ3n) is 4.54. The van der Waals surface area contributed by atoms with Gasteiger partial charge in [0.15, 0.2) is 0 Å². The summed E-state index contributed by atoms with van der Waals surface area (Å²) >= 11 is 12.3. The van der Waals surface area contributed by atoms with Crippen LogP contribution in [0.3, 0.4) is 0 Å². The highest BCUT2D eigenvalue weighted by Crippen LogP contribution is 2.38. The second kappa shape index (κ2) is 11.0. The summed E-state index contributed by atoms with van der Waals surface area (Å²) < 4.78 is 52.7. The number of nitrogens with zero attached hydrogens (tertiary/aromatic N) is 1. The van der Waals surface area contributed by atoms with Gasteiger partial charge in [0.25, 0.3) is 10.1 Å². The van der Waals surface area contributed by atoms with Gasteiger partial charge in [-0.3, -0.25) is 4.55 Å². The summed E-state index contributed by atoms with van der Waals surface area (Å²) in [6.07, 6.45) is 2.22. The molecule has 6 nitrogen and oxygen atoms in total. The lowest BCUT2D eigenvalue weighted by atomic mass is 10.0. The van der Waals surface area contributed by atoms with Crippen molar-refractivity contribution in [2.75, 3.05) is 13.2 Å². The summed E-state index contributed by atoms with van der Waals surface area (Å²) in [4.78, 5) is 4.34. The van der Waals surface area contributed by atoms with Crippen LogP contribution in [0.1, 0.15) is 18.1 Å². The second-order valence-electron chi connectivity index (χ2n) is 6.88. The highest BCUT2D eigenvalue weighted by atomic mass is 35.5. The van der Waals surface area contributed by atoms with Crippen LogP contribution in [0.25, 0.3) is 11.1 Å². The fourth-order valence-electron chi connectivity index (χ4n) is 3.02. The van der Waals surface area contributed by atoms with Crippen LogP contribution in [0.15, 0.2) is 64.6 Å².